The van der Waals surface area contributed by atoms with Crippen LogP contribution in [0.2, 0.25) is 0 Å². The fraction of sp³-hybridized carbons (Fsp3) is 0.902. The second-order valence-electron chi connectivity index (χ2n) is 17.2. The lowest BCUT2D eigenvalue weighted by atomic mass is 10.0. The molecule has 0 heterocycles. The summed E-state index contributed by atoms with van der Waals surface area (Å²) >= 11 is 0. The number of unbranched alkanes of at least 4 members (excludes halogenated alkanes) is 37. The van der Waals surface area contributed by atoms with E-state index >= 15 is 0 Å². The molecule has 4 nitrogen and oxygen atoms in total. The summed E-state index contributed by atoms with van der Waals surface area (Å²) in [6.45, 7) is 4.33. The first-order chi connectivity index (χ1) is 27.2. The zero-order valence-electron chi connectivity index (χ0n) is 37.5. The third kappa shape index (κ3) is 43.8. The molecular formula is C51H99NO3. The lowest BCUT2D eigenvalue weighted by Gasteiger charge is -2.20. The van der Waals surface area contributed by atoms with Gasteiger partial charge in [0.15, 0.2) is 0 Å². The van der Waals surface area contributed by atoms with Gasteiger partial charge in [0.1, 0.15) is 0 Å². The van der Waals surface area contributed by atoms with Gasteiger partial charge in [-0.3, -0.25) is 4.79 Å². The maximum atomic E-state index is 12.4. The summed E-state index contributed by atoms with van der Waals surface area (Å²) in [4.78, 5) is 12.4. The van der Waals surface area contributed by atoms with Gasteiger partial charge in [0.2, 0.25) is 5.91 Å². The maximum absolute atomic E-state index is 12.4. The molecule has 0 saturated carbocycles. The van der Waals surface area contributed by atoms with Crippen molar-refractivity contribution < 1.29 is 15.0 Å². The largest absolute Gasteiger partial charge is 0.394 e. The average molecular weight is 774 g/mol. The van der Waals surface area contributed by atoms with Crippen LogP contribution in [0.3, 0.4) is 0 Å². The summed E-state index contributed by atoms with van der Waals surface area (Å²) in [6.07, 6.45) is 61.7. The van der Waals surface area contributed by atoms with Gasteiger partial charge in [-0.2, -0.15) is 0 Å². The van der Waals surface area contributed by atoms with Crippen molar-refractivity contribution in [1.29, 1.82) is 0 Å². The van der Waals surface area contributed by atoms with Crippen LogP contribution in [0.5, 0.6) is 0 Å². The summed E-state index contributed by atoms with van der Waals surface area (Å²) in [5, 5.41) is 23.1. The quantitative estimate of drug-likeness (QED) is 0.0426. The highest BCUT2D eigenvalue weighted by atomic mass is 16.3. The van der Waals surface area contributed by atoms with E-state index in [1.54, 1.807) is 6.08 Å². The number of rotatable bonds is 46. The lowest BCUT2D eigenvalue weighted by Crippen LogP contribution is -2.45. The molecule has 0 aliphatic heterocycles. The molecule has 0 fully saturated rings. The number of aliphatic hydroxyl groups is 2. The Morgan fingerprint density at radius 1 is 0.418 bits per heavy atom. The van der Waals surface area contributed by atoms with Gasteiger partial charge in [-0.25, -0.2) is 0 Å². The molecule has 0 rings (SSSR count). The molecule has 0 aromatic rings. The monoisotopic (exact) mass is 774 g/mol. The smallest absolute Gasteiger partial charge is 0.220 e. The summed E-state index contributed by atoms with van der Waals surface area (Å²) in [6, 6.07) is -0.619. The van der Waals surface area contributed by atoms with Gasteiger partial charge in [-0.15, -0.1) is 0 Å². The SMILES string of the molecule is CCCCCCCCCCCCCC/C=C\CCCCCCCCCCCCCCC(=O)NC(CO)C(O)/C=C/CCCCCCCCCCCCCCC. The summed E-state index contributed by atoms with van der Waals surface area (Å²) in [5.41, 5.74) is 0. The van der Waals surface area contributed by atoms with Gasteiger partial charge >= 0.3 is 0 Å². The Bertz CT molecular complexity index is 795. The van der Waals surface area contributed by atoms with Crippen molar-refractivity contribution >= 4 is 5.91 Å². The Balaban J connectivity index is 3.47. The molecule has 1 amide bonds. The Morgan fingerprint density at radius 3 is 1.00 bits per heavy atom. The topological polar surface area (TPSA) is 69.6 Å². The molecule has 0 aromatic heterocycles. The normalized spacial score (nSPS) is 13.0. The highest BCUT2D eigenvalue weighted by molar-refractivity contribution is 5.76. The summed E-state index contributed by atoms with van der Waals surface area (Å²) < 4.78 is 0. The standard InChI is InChI=1S/C51H99NO3/c1-3-5-7-9-11-13-15-17-19-20-21-22-23-24-25-26-27-28-29-30-31-33-35-37-39-41-43-45-47-51(55)52-49(48-53)50(54)46-44-42-40-38-36-34-32-18-16-14-12-10-8-6-4-2/h24-25,44,46,49-50,53-54H,3-23,26-43,45,47-48H2,1-2H3,(H,52,55)/b25-24-,46-44+. The van der Waals surface area contributed by atoms with Gasteiger partial charge in [-0.05, 0) is 44.9 Å². The van der Waals surface area contributed by atoms with E-state index in [-0.39, 0.29) is 12.5 Å². The molecule has 0 spiro atoms. The van der Waals surface area contributed by atoms with Crippen molar-refractivity contribution in [3.8, 4) is 0 Å². The molecule has 55 heavy (non-hydrogen) atoms. The number of hydrogen-bond donors (Lipinski definition) is 3. The number of carbonyl (C=O) groups excluding carboxylic acids is 1. The molecule has 4 heteroatoms. The second kappa shape index (κ2) is 47.2. The van der Waals surface area contributed by atoms with Crippen molar-refractivity contribution in [3.63, 3.8) is 0 Å². The second-order valence-corrected chi connectivity index (χ2v) is 17.2. The Labute approximate surface area is 345 Å². The molecule has 0 aliphatic rings. The van der Waals surface area contributed by atoms with E-state index in [2.05, 4.69) is 31.3 Å². The summed E-state index contributed by atoms with van der Waals surface area (Å²) in [5.74, 6) is -0.0613. The van der Waals surface area contributed by atoms with Crippen LogP contribution in [0.4, 0.5) is 0 Å². The van der Waals surface area contributed by atoms with E-state index in [9.17, 15) is 15.0 Å². The number of allylic oxidation sites excluding steroid dienone is 3. The molecule has 0 aromatic carbocycles. The molecule has 0 aliphatic carbocycles. The third-order valence-corrected chi connectivity index (χ3v) is 11.7. The predicted molar refractivity (Wildman–Crippen MR) is 244 cm³/mol. The lowest BCUT2D eigenvalue weighted by molar-refractivity contribution is -0.123. The van der Waals surface area contributed by atoms with Crippen LogP contribution in [-0.4, -0.2) is 34.9 Å². The highest BCUT2D eigenvalue weighted by Gasteiger charge is 2.18. The first-order valence-corrected chi connectivity index (χ1v) is 25.1. The maximum Gasteiger partial charge on any atom is 0.220 e. The van der Waals surface area contributed by atoms with Crippen LogP contribution in [0.1, 0.15) is 277 Å². The van der Waals surface area contributed by atoms with Crippen LogP contribution in [-0.2, 0) is 4.79 Å². The van der Waals surface area contributed by atoms with Crippen molar-refractivity contribution in [2.24, 2.45) is 0 Å². The van der Waals surface area contributed by atoms with E-state index < -0.39 is 12.1 Å². The molecule has 0 radical (unpaired) electrons. The number of amides is 1. The van der Waals surface area contributed by atoms with Crippen LogP contribution >= 0.6 is 0 Å². The number of hydrogen-bond acceptors (Lipinski definition) is 3. The van der Waals surface area contributed by atoms with Crippen LogP contribution in [0, 0.1) is 0 Å². The minimum absolute atomic E-state index is 0.0613. The van der Waals surface area contributed by atoms with Crippen molar-refractivity contribution in [2.45, 2.75) is 289 Å². The molecule has 326 valence electrons. The van der Waals surface area contributed by atoms with E-state index in [1.807, 2.05) is 6.08 Å². The third-order valence-electron chi connectivity index (χ3n) is 11.7. The van der Waals surface area contributed by atoms with Crippen molar-refractivity contribution in [1.82, 2.24) is 5.32 Å². The van der Waals surface area contributed by atoms with Crippen LogP contribution in [0.25, 0.3) is 0 Å². The molecule has 0 bridgehead atoms. The van der Waals surface area contributed by atoms with Gasteiger partial charge < -0.3 is 15.5 Å². The van der Waals surface area contributed by atoms with E-state index in [0.717, 1.165) is 25.7 Å². The first-order valence-electron chi connectivity index (χ1n) is 25.1. The minimum atomic E-state index is -0.836. The Morgan fingerprint density at radius 2 is 0.691 bits per heavy atom. The summed E-state index contributed by atoms with van der Waals surface area (Å²) in [7, 11) is 0. The van der Waals surface area contributed by atoms with Crippen LogP contribution in [0.15, 0.2) is 24.3 Å². The Kier molecular flexibility index (Phi) is 46.3. The van der Waals surface area contributed by atoms with Crippen molar-refractivity contribution in [3.05, 3.63) is 24.3 Å². The fourth-order valence-electron chi connectivity index (χ4n) is 7.82. The van der Waals surface area contributed by atoms with Gasteiger partial charge in [0, 0.05) is 6.42 Å². The first kappa shape index (κ1) is 53.9. The van der Waals surface area contributed by atoms with Gasteiger partial charge in [-0.1, -0.05) is 250 Å². The number of carbonyl (C=O) groups is 1. The highest BCUT2D eigenvalue weighted by Crippen LogP contribution is 2.16. The zero-order chi connectivity index (χ0) is 40.0. The van der Waals surface area contributed by atoms with Crippen molar-refractivity contribution in [2.75, 3.05) is 6.61 Å². The van der Waals surface area contributed by atoms with Crippen LogP contribution < -0.4 is 5.32 Å². The van der Waals surface area contributed by atoms with E-state index in [1.165, 1.54) is 231 Å². The molecule has 3 N–H and O–H groups in total. The fourth-order valence-corrected chi connectivity index (χ4v) is 7.82. The minimum Gasteiger partial charge on any atom is -0.394 e. The molecule has 2 atom stereocenters. The van der Waals surface area contributed by atoms with Gasteiger partial charge in [0.05, 0.1) is 18.8 Å². The Hall–Kier alpha value is -1.13. The average Bonchev–Trinajstić information content (AvgIpc) is 3.19. The van der Waals surface area contributed by atoms with Gasteiger partial charge in [0.25, 0.3) is 0 Å². The molecular weight excluding hydrogens is 675 g/mol. The molecule has 0 saturated heterocycles. The number of aliphatic hydroxyl groups excluding tert-OH is 2. The van der Waals surface area contributed by atoms with E-state index in [0.29, 0.717) is 6.42 Å². The predicted octanol–water partition coefficient (Wildman–Crippen LogP) is 16.0. The number of nitrogens with one attached hydrogen (secondary N) is 1. The van der Waals surface area contributed by atoms with E-state index in [4.69, 9.17) is 0 Å². The zero-order valence-corrected chi connectivity index (χ0v) is 37.5. The molecule has 2 unspecified atom stereocenters.